The molecule has 3 rings (SSSR count). The number of hydrogen-bond acceptors (Lipinski definition) is 6. The first-order valence-corrected chi connectivity index (χ1v) is 9.89. The maximum atomic E-state index is 14.0. The molecule has 0 radical (unpaired) electrons. The minimum absolute atomic E-state index is 0.818. The first kappa shape index (κ1) is 28.3. The van der Waals surface area contributed by atoms with Gasteiger partial charge in [0.15, 0.2) is 0 Å². The molecule has 0 saturated carbocycles. The molecular weight excluding hydrogens is 540 g/mol. The molecule has 0 aromatic carbocycles. The molecule has 3 aliphatic rings. The second-order valence-corrected chi connectivity index (χ2v) is 7.38. The average Bonchev–Trinajstić information content (AvgIpc) is 2.92. The first-order valence-electron chi connectivity index (χ1n) is 9.89. The van der Waals surface area contributed by atoms with Gasteiger partial charge in [0.25, 0.3) is 0 Å². The Morgan fingerprint density at radius 3 is 0.722 bits per heavy atom. The van der Waals surface area contributed by atoms with Gasteiger partial charge in [-0.25, -0.2) is 0 Å². The summed E-state index contributed by atoms with van der Waals surface area (Å²) in [5, 5.41) is 0. The van der Waals surface area contributed by atoms with Crippen LogP contribution in [-0.2, 0) is 28.4 Å². The van der Waals surface area contributed by atoms with Crippen molar-refractivity contribution in [3.05, 3.63) is 23.0 Å². The van der Waals surface area contributed by atoms with Gasteiger partial charge in [-0.15, -0.1) is 0 Å². The number of alkyl halides is 12. The molecule has 2 aliphatic carbocycles. The lowest BCUT2D eigenvalue weighted by Crippen LogP contribution is -2.49. The highest BCUT2D eigenvalue weighted by Gasteiger charge is 2.84. The minimum Gasteiger partial charge on any atom is -0.486 e. The fourth-order valence-corrected chi connectivity index (χ4v) is 3.17. The Kier molecular flexibility index (Phi) is 7.28. The topological polar surface area (TPSA) is 55.4 Å². The summed E-state index contributed by atoms with van der Waals surface area (Å²) in [5.41, 5.74) is 0. The van der Waals surface area contributed by atoms with E-state index in [-0.39, 0.29) is 0 Å². The normalized spacial score (nSPS) is 29.4. The van der Waals surface area contributed by atoms with Crippen molar-refractivity contribution in [2.45, 2.75) is 35.5 Å². The molecule has 0 aromatic rings. The van der Waals surface area contributed by atoms with Crippen LogP contribution in [0.4, 0.5) is 52.7 Å². The second-order valence-electron chi connectivity index (χ2n) is 7.38. The van der Waals surface area contributed by atoms with Gasteiger partial charge in [-0.3, -0.25) is 0 Å². The Hall–Kier alpha value is -2.24. The molecule has 0 bridgehead atoms. The van der Waals surface area contributed by atoms with Crippen LogP contribution in [0.2, 0.25) is 0 Å². The van der Waals surface area contributed by atoms with Crippen molar-refractivity contribution in [2.24, 2.45) is 0 Å². The van der Waals surface area contributed by atoms with Crippen molar-refractivity contribution in [3.63, 3.8) is 0 Å². The van der Waals surface area contributed by atoms with Crippen molar-refractivity contribution in [2.75, 3.05) is 52.9 Å². The zero-order chi connectivity index (χ0) is 27.2. The predicted octanol–water partition coefficient (Wildman–Crippen LogP) is 4.36. The Morgan fingerprint density at radius 1 is 0.333 bits per heavy atom. The maximum Gasteiger partial charge on any atom is 0.387 e. The van der Waals surface area contributed by atoms with Gasteiger partial charge in [-0.1, -0.05) is 0 Å². The predicted molar refractivity (Wildman–Crippen MR) is 89.2 cm³/mol. The van der Waals surface area contributed by atoms with Crippen LogP contribution in [-0.4, -0.2) is 88.4 Å². The van der Waals surface area contributed by atoms with E-state index in [1.54, 1.807) is 0 Å². The van der Waals surface area contributed by atoms with E-state index in [0.717, 1.165) is 0 Å². The fourth-order valence-electron chi connectivity index (χ4n) is 3.17. The third-order valence-electron chi connectivity index (χ3n) is 5.03. The van der Waals surface area contributed by atoms with Gasteiger partial charge in [0.1, 0.15) is 26.4 Å². The van der Waals surface area contributed by atoms with Crippen molar-refractivity contribution in [3.8, 4) is 0 Å². The van der Waals surface area contributed by atoms with Crippen LogP contribution >= 0.6 is 0 Å². The standard InChI is InChI=1S/C18H16F12O6/c19-13(20)9-10(14(21,22)17(13,27)28)35-7-3-32-4-8-36-12-11(34-6-2-31-1-5-33-9)15(23,24)18(29,30)16(12,25)26/h1-8H2. The number of halogens is 12. The quantitative estimate of drug-likeness (QED) is 0.414. The van der Waals surface area contributed by atoms with Crippen molar-refractivity contribution >= 4 is 0 Å². The van der Waals surface area contributed by atoms with Gasteiger partial charge in [0.2, 0.25) is 23.0 Å². The molecule has 0 unspecified atom stereocenters. The van der Waals surface area contributed by atoms with E-state index in [0.29, 0.717) is 0 Å². The summed E-state index contributed by atoms with van der Waals surface area (Å²) in [7, 11) is 0. The lowest BCUT2D eigenvalue weighted by atomic mass is 10.1. The van der Waals surface area contributed by atoms with E-state index in [1.807, 2.05) is 0 Å². The number of rotatable bonds is 0. The highest BCUT2D eigenvalue weighted by Crippen LogP contribution is 2.60. The molecule has 0 fully saturated rings. The molecule has 1 heterocycles. The second kappa shape index (κ2) is 9.25. The summed E-state index contributed by atoms with van der Waals surface area (Å²) in [6.45, 7) is -7.53. The first-order chi connectivity index (χ1) is 16.5. The molecule has 0 saturated heterocycles. The van der Waals surface area contributed by atoms with Crippen molar-refractivity contribution in [1.82, 2.24) is 0 Å². The Morgan fingerprint density at radius 2 is 0.528 bits per heavy atom. The molecule has 208 valence electrons. The van der Waals surface area contributed by atoms with Gasteiger partial charge >= 0.3 is 35.5 Å². The van der Waals surface area contributed by atoms with E-state index in [9.17, 15) is 52.7 Å². The molecule has 0 atom stereocenters. The van der Waals surface area contributed by atoms with Gasteiger partial charge in [0.05, 0.1) is 26.4 Å². The highest BCUT2D eigenvalue weighted by molar-refractivity contribution is 5.35. The Balaban J connectivity index is 1.77. The molecule has 6 nitrogen and oxygen atoms in total. The molecule has 36 heavy (non-hydrogen) atoms. The molecule has 0 N–H and O–H groups in total. The van der Waals surface area contributed by atoms with E-state index in [4.69, 9.17) is 0 Å². The minimum atomic E-state index is -5.92. The van der Waals surface area contributed by atoms with E-state index >= 15 is 0 Å². The fraction of sp³-hybridized carbons (Fsp3) is 0.778. The summed E-state index contributed by atoms with van der Waals surface area (Å²) in [4.78, 5) is 0. The third kappa shape index (κ3) is 4.09. The Labute approximate surface area is 193 Å². The molecule has 1 aliphatic heterocycles. The molecule has 18 heteroatoms. The molecule has 0 aromatic heterocycles. The van der Waals surface area contributed by atoms with Crippen molar-refractivity contribution < 1.29 is 81.1 Å². The van der Waals surface area contributed by atoms with Crippen LogP contribution in [0.5, 0.6) is 0 Å². The summed E-state index contributed by atoms with van der Waals surface area (Å²) in [6.07, 6.45) is 0. The number of hydrogen-bond donors (Lipinski definition) is 0. The van der Waals surface area contributed by atoms with Crippen LogP contribution in [0.3, 0.4) is 0 Å². The van der Waals surface area contributed by atoms with Crippen LogP contribution in [0.15, 0.2) is 23.0 Å². The molecular formula is C18H16F12O6. The molecule has 0 spiro atoms. The van der Waals surface area contributed by atoms with Crippen LogP contribution in [0.25, 0.3) is 0 Å². The van der Waals surface area contributed by atoms with Crippen LogP contribution < -0.4 is 0 Å². The van der Waals surface area contributed by atoms with Gasteiger partial charge in [0, 0.05) is 0 Å². The lowest BCUT2D eigenvalue weighted by molar-refractivity contribution is -0.277. The van der Waals surface area contributed by atoms with Crippen molar-refractivity contribution in [1.29, 1.82) is 0 Å². The maximum absolute atomic E-state index is 14.0. The summed E-state index contributed by atoms with van der Waals surface area (Å²) in [5.74, 6) is -42.5. The highest BCUT2D eigenvalue weighted by atomic mass is 19.4. The number of ether oxygens (including phenoxy) is 6. The van der Waals surface area contributed by atoms with Gasteiger partial charge in [-0.05, 0) is 0 Å². The summed E-state index contributed by atoms with van der Waals surface area (Å²) in [6, 6.07) is 0. The van der Waals surface area contributed by atoms with Gasteiger partial charge < -0.3 is 28.4 Å². The smallest absolute Gasteiger partial charge is 0.387 e. The van der Waals surface area contributed by atoms with E-state index in [1.165, 1.54) is 0 Å². The summed E-state index contributed by atoms with van der Waals surface area (Å²) >= 11 is 0. The van der Waals surface area contributed by atoms with E-state index < -0.39 is 111 Å². The Bertz CT molecular complexity index is 765. The van der Waals surface area contributed by atoms with Crippen LogP contribution in [0.1, 0.15) is 0 Å². The zero-order valence-corrected chi connectivity index (χ0v) is 17.6. The van der Waals surface area contributed by atoms with Gasteiger partial charge in [-0.2, -0.15) is 52.7 Å². The molecule has 0 amide bonds. The number of allylic oxidation sites excluding steroid dienone is 4. The third-order valence-corrected chi connectivity index (χ3v) is 5.03. The largest absolute Gasteiger partial charge is 0.486 e. The lowest BCUT2D eigenvalue weighted by Gasteiger charge is -2.24. The SMILES string of the molecule is FC1(F)C2=C(OCCOCCOC3=C(OCCOCCO2)C(F)(F)C(F)(F)C3(F)F)C(F)(F)C1(F)F. The van der Waals surface area contributed by atoms with E-state index in [2.05, 4.69) is 28.4 Å². The van der Waals surface area contributed by atoms with Crippen LogP contribution in [0, 0.1) is 0 Å². The monoisotopic (exact) mass is 556 g/mol. The zero-order valence-electron chi connectivity index (χ0n) is 17.6. The average molecular weight is 556 g/mol. The summed E-state index contributed by atoms with van der Waals surface area (Å²) < 4.78 is 193.